The molecule has 19 heavy (non-hydrogen) atoms. The lowest BCUT2D eigenvalue weighted by Crippen LogP contribution is -2.26. The van der Waals surface area contributed by atoms with E-state index >= 15 is 0 Å². The van der Waals surface area contributed by atoms with Gasteiger partial charge in [-0.1, -0.05) is 31.4 Å². The van der Waals surface area contributed by atoms with Crippen molar-refractivity contribution >= 4 is 0 Å². The summed E-state index contributed by atoms with van der Waals surface area (Å²) in [6.45, 7) is -2.76. The molecule has 2 rings (SSSR count). The predicted molar refractivity (Wildman–Crippen MR) is 71.4 cm³/mol. The number of rotatable bonds is 5. The van der Waals surface area contributed by atoms with Gasteiger partial charge in [-0.3, -0.25) is 0 Å². The van der Waals surface area contributed by atoms with Crippen LogP contribution in [0.15, 0.2) is 24.3 Å². The van der Waals surface area contributed by atoms with E-state index in [4.69, 9.17) is 0 Å². The molecule has 0 radical (unpaired) electrons. The van der Waals surface area contributed by atoms with Crippen molar-refractivity contribution in [3.05, 3.63) is 29.8 Å². The predicted octanol–water partition coefficient (Wildman–Crippen LogP) is 4.13. The minimum Gasteiger partial charge on any atom is -0.435 e. The van der Waals surface area contributed by atoms with Crippen molar-refractivity contribution in [2.75, 3.05) is 7.05 Å². The number of benzene rings is 1. The summed E-state index contributed by atoms with van der Waals surface area (Å²) in [6, 6.07) is 7.31. The number of halogens is 2. The van der Waals surface area contributed by atoms with E-state index in [1.165, 1.54) is 32.1 Å². The Balaban J connectivity index is 2.05. The van der Waals surface area contributed by atoms with Crippen LogP contribution in [0.5, 0.6) is 5.75 Å². The van der Waals surface area contributed by atoms with Crippen LogP contribution in [0.1, 0.15) is 43.7 Å². The van der Waals surface area contributed by atoms with Crippen molar-refractivity contribution in [3.8, 4) is 5.75 Å². The molecule has 1 aromatic carbocycles. The van der Waals surface area contributed by atoms with Crippen LogP contribution < -0.4 is 10.1 Å². The molecule has 1 atom stereocenters. The molecule has 0 spiro atoms. The molecule has 1 unspecified atom stereocenters. The second-order valence-electron chi connectivity index (χ2n) is 5.11. The maximum atomic E-state index is 12.1. The summed E-state index contributed by atoms with van der Waals surface area (Å²) in [4.78, 5) is 0. The fourth-order valence-electron chi connectivity index (χ4n) is 3.00. The zero-order valence-electron chi connectivity index (χ0n) is 11.2. The van der Waals surface area contributed by atoms with Crippen molar-refractivity contribution in [1.29, 1.82) is 0 Å². The van der Waals surface area contributed by atoms with Gasteiger partial charge in [0.05, 0.1) is 0 Å². The van der Waals surface area contributed by atoms with Gasteiger partial charge < -0.3 is 10.1 Å². The van der Waals surface area contributed by atoms with Gasteiger partial charge in [0.2, 0.25) is 0 Å². The van der Waals surface area contributed by atoms with Crippen LogP contribution in [-0.4, -0.2) is 13.7 Å². The monoisotopic (exact) mass is 269 g/mol. The Bertz CT molecular complexity index is 374. The highest BCUT2D eigenvalue weighted by Crippen LogP contribution is 2.34. The Morgan fingerprint density at radius 2 is 1.74 bits per heavy atom. The van der Waals surface area contributed by atoms with Gasteiger partial charge in [0.15, 0.2) is 0 Å². The van der Waals surface area contributed by atoms with Crippen molar-refractivity contribution in [2.24, 2.45) is 5.92 Å². The van der Waals surface area contributed by atoms with E-state index in [-0.39, 0.29) is 5.75 Å². The molecule has 0 bridgehead atoms. The zero-order chi connectivity index (χ0) is 13.7. The topological polar surface area (TPSA) is 21.3 Å². The molecule has 0 amide bonds. The Morgan fingerprint density at radius 1 is 1.11 bits per heavy atom. The van der Waals surface area contributed by atoms with Gasteiger partial charge in [-0.2, -0.15) is 8.78 Å². The fourth-order valence-corrected chi connectivity index (χ4v) is 3.00. The van der Waals surface area contributed by atoms with Crippen LogP contribution in [0, 0.1) is 5.92 Å². The van der Waals surface area contributed by atoms with Crippen molar-refractivity contribution in [1.82, 2.24) is 5.32 Å². The summed E-state index contributed by atoms with van der Waals surface area (Å²) >= 11 is 0. The minimum atomic E-state index is -2.76. The Kier molecular flexibility index (Phi) is 5.14. The standard InChI is InChI=1S/C15H21F2NO/c1-18-14(11-5-3-2-4-6-11)12-7-9-13(10-8-12)19-15(16)17/h7-11,14-15,18H,2-6H2,1H3. The number of ether oxygens (including phenoxy) is 1. The average Bonchev–Trinajstić information content (AvgIpc) is 2.42. The average molecular weight is 269 g/mol. The Labute approximate surface area is 113 Å². The van der Waals surface area contributed by atoms with E-state index in [0.717, 1.165) is 5.56 Å². The van der Waals surface area contributed by atoms with Gasteiger partial charge >= 0.3 is 6.61 Å². The molecule has 1 aliphatic rings. The first-order chi connectivity index (χ1) is 9.20. The first-order valence-electron chi connectivity index (χ1n) is 6.92. The Hall–Kier alpha value is -1.16. The smallest absolute Gasteiger partial charge is 0.387 e. The first-order valence-corrected chi connectivity index (χ1v) is 6.92. The molecule has 0 aromatic heterocycles. The molecule has 1 fully saturated rings. The van der Waals surface area contributed by atoms with E-state index in [2.05, 4.69) is 10.1 Å². The van der Waals surface area contributed by atoms with Gasteiger partial charge in [0, 0.05) is 6.04 Å². The summed E-state index contributed by atoms with van der Waals surface area (Å²) in [5.74, 6) is 0.859. The molecular weight excluding hydrogens is 248 g/mol. The normalized spacial score (nSPS) is 18.5. The summed E-state index contributed by atoms with van der Waals surface area (Å²) in [7, 11) is 1.96. The van der Waals surface area contributed by atoms with Crippen LogP contribution >= 0.6 is 0 Å². The third kappa shape index (κ3) is 3.90. The van der Waals surface area contributed by atoms with Gasteiger partial charge in [-0.15, -0.1) is 0 Å². The van der Waals surface area contributed by atoms with Crippen LogP contribution in [-0.2, 0) is 0 Å². The van der Waals surface area contributed by atoms with E-state index in [0.29, 0.717) is 12.0 Å². The lowest BCUT2D eigenvalue weighted by atomic mass is 9.81. The lowest BCUT2D eigenvalue weighted by molar-refractivity contribution is -0.0498. The van der Waals surface area contributed by atoms with Gasteiger partial charge in [-0.25, -0.2) is 0 Å². The molecule has 1 aliphatic carbocycles. The molecule has 1 saturated carbocycles. The van der Waals surface area contributed by atoms with E-state index in [1.54, 1.807) is 12.1 Å². The summed E-state index contributed by atoms with van der Waals surface area (Å²) < 4.78 is 28.6. The number of hydrogen-bond acceptors (Lipinski definition) is 2. The maximum absolute atomic E-state index is 12.1. The van der Waals surface area contributed by atoms with Crippen LogP contribution in [0.25, 0.3) is 0 Å². The lowest BCUT2D eigenvalue weighted by Gasteiger charge is -2.30. The second kappa shape index (κ2) is 6.85. The first kappa shape index (κ1) is 14.3. The largest absolute Gasteiger partial charge is 0.435 e. The molecule has 0 heterocycles. The molecule has 106 valence electrons. The second-order valence-corrected chi connectivity index (χ2v) is 5.11. The third-order valence-corrected chi connectivity index (χ3v) is 3.90. The highest BCUT2D eigenvalue weighted by Gasteiger charge is 2.23. The molecule has 4 heteroatoms. The van der Waals surface area contributed by atoms with E-state index in [1.807, 2.05) is 19.2 Å². The summed E-state index contributed by atoms with van der Waals surface area (Å²) in [5, 5.41) is 3.36. The van der Waals surface area contributed by atoms with Crippen LogP contribution in [0.3, 0.4) is 0 Å². The highest BCUT2D eigenvalue weighted by atomic mass is 19.3. The van der Waals surface area contributed by atoms with Crippen LogP contribution in [0.2, 0.25) is 0 Å². The third-order valence-electron chi connectivity index (χ3n) is 3.90. The summed E-state index contributed by atoms with van der Waals surface area (Å²) in [6.07, 6.45) is 6.38. The molecule has 1 aromatic rings. The number of hydrogen-bond donors (Lipinski definition) is 1. The van der Waals surface area contributed by atoms with Crippen molar-refractivity contribution < 1.29 is 13.5 Å². The minimum absolute atomic E-state index is 0.220. The quantitative estimate of drug-likeness (QED) is 0.867. The number of alkyl halides is 2. The summed E-state index contributed by atoms with van der Waals surface area (Å²) in [5.41, 5.74) is 1.15. The van der Waals surface area contributed by atoms with Gasteiger partial charge in [-0.05, 0) is 43.5 Å². The molecule has 2 nitrogen and oxygen atoms in total. The van der Waals surface area contributed by atoms with Crippen LogP contribution in [0.4, 0.5) is 8.78 Å². The molecular formula is C15H21F2NO. The fraction of sp³-hybridized carbons (Fsp3) is 0.600. The highest BCUT2D eigenvalue weighted by molar-refractivity contribution is 5.29. The van der Waals surface area contributed by atoms with Crippen molar-refractivity contribution in [3.63, 3.8) is 0 Å². The molecule has 0 saturated heterocycles. The van der Waals surface area contributed by atoms with E-state index in [9.17, 15) is 8.78 Å². The Morgan fingerprint density at radius 3 is 2.26 bits per heavy atom. The number of nitrogens with one attached hydrogen (secondary N) is 1. The van der Waals surface area contributed by atoms with Gasteiger partial charge in [0.1, 0.15) is 5.75 Å². The molecule has 0 aliphatic heterocycles. The van der Waals surface area contributed by atoms with E-state index < -0.39 is 6.61 Å². The zero-order valence-corrected chi connectivity index (χ0v) is 11.2. The van der Waals surface area contributed by atoms with Crippen molar-refractivity contribution in [2.45, 2.75) is 44.8 Å². The SMILES string of the molecule is CNC(c1ccc(OC(F)F)cc1)C1CCCCC1. The van der Waals surface area contributed by atoms with Gasteiger partial charge in [0.25, 0.3) is 0 Å². The molecule has 1 N–H and O–H groups in total. The maximum Gasteiger partial charge on any atom is 0.387 e.